The van der Waals surface area contributed by atoms with Crippen LogP contribution in [0.2, 0.25) is 0 Å². The van der Waals surface area contributed by atoms with Gasteiger partial charge < -0.3 is 24.4 Å². The van der Waals surface area contributed by atoms with Crippen molar-refractivity contribution < 1.29 is 36.4 Å². The Bertz CT molecular complexity index is 803. The monoisotopic (exact) mass is 447 g/mol. The van der Waals surface area contributed by atoms with Crippen LogP contribution in [0, 0.1) is 0 Å². The van der Waals surface area contributed by atoms with Gasteiger partial charge in [-0.2, -0.15) is 9.35 Å². The molecule has 13 heteroatoms. The van der Waals surface area contributed by atoms with Gasteiger partial charge >= 0.3 is 12.1 Å². The summed E-state index contributed by atoms with van der Waals surface area (Å²) in [5.41, 5.74) is -0.577. The molecule has 3 rings (SSSR count). The summed E-state index contributed by atoms with van der Waals surface area (Å²) in [6, 6.07) is -2.30. The molecule has 0 unspecified atom stereocenters. The highest BCUT2D eigenvalue weighted by Gasteiger charge is 2.49. The summed E-state index contributed by atoms with van der Waals surface area (Å²) in [7, 11) is -5.08. The number of ether oxygens (including phenoxy) is 1. The Morgan fingerprint density at radius 2 is 1.77 bits per heavy atom. The van der Waals surface area contributed by atoms with Crippen molar-refractivity contribution in [3.05, 3.63) is 0 Å². The van der Waals surface area contributed by atoms with Gasteiger partial charge in [-0.05, 0) is 46.5 Å². The number of rotatable bonds is 4. The largest absolute Gasteiger partial charge is 0.724 e. The Balaban J connectivity index is 1.52. The molecule has 0 radical (unpaired) electrons. The summed E-state index contributed by atoms with van der Waals surface area (Å²) in [5.74, 6) is -0.343. The molecule has 170 valence electrons. The second kappa shape index (κ2) is 8.19. The maximum absolute atomic E-state index is 12.7. The molecule has 30 heavy (non-hydrogen) atoms. The maximum Gasteiger partial charge on any atom is 0.410 e. The van der Waals surface area contributed by atoms with E-state index in [1.807, 2.05) is 0 Å². The number of carbonyl (C=O) groups excluding carboxylic acids is 3. The highest BCUT2D eigenvalue weighted by molar-refractivity contribution is 7.80. The van der Waals surface area contributed by atoms with Gasteiger partial charge in [0.05, 0.1) is 6.04 Å². The van der Waals surface area contributed by atoms with E-state index in [9.17, 15) is 27.4 Å². The molecule has 0 aliphatic carbocycles. The minimum Gasteiger partial charge on any atom is -0.724 e. The fourth-order valence-corrected chi connectivity index (χ4v) is 4.31. The number of nitrogens with zero attached hydrogens (tertiary/aromatic N) is 3. The van der Waals surface area contributed by atoms with Crippen molar-refractivity contribution >= 4 is 28.4 Å². The molecule has 3 aliphatic heterocycles. The summed E-state index contributed by atoms with van der Waals surface area (Å²) >= 11 is 0. The predicted octanol–water partition coefficient (Wildman–Crippen LogP) is 0.163. The molecule has 4 amide bonds. The minimum absolute atomic E-state index is 0.115. The van der Waals surface area contributed by atoms with Crippen molar-refractivity contribution in [3.63, 3.8) is 0 Å². The average molecular weight is 447 g/mol. The van der Waals surface area contributed by atoms with Crippen LogP contribution in [0.15, 0.2) is 0 Å². The maximum atomic E-state index is 12.7. The van der Waals surface area contributed by atoms with Gasteiger partial charge in [0.1, 0.15) is 11.6 Å². The van der Waals surface area contributed by atoms with Crippen LogP contribution in [0.3, 0.4) is 0 Å². The molecule has 3 fully saturated rings. The Labute approximate surface area is 175 Å². The molecule has 3 saturated heterocycles. The molecule has 2 atom stereocenters. The van der Waals surface area contributed by atoms with E-state index in [-0.39, 0.29) is 24.6 Å². The molecule has 12 nitrogen and oxygen atoms in total. The van der Waals surface area contributed by atoms with Crippen molar-refractivity contribution in [1.82, 2.24) is 20.2 Å². The summed E-state index contributed by atoms with van der Waals surface area (Å²) in [6.07, 6.45) is 1.39. The summed E-state index contributed by atoms with van der Waals surface area (Å²) in [6.45, 7) is 6.39. The fraction of sp³-hybridized carbons (Fsp3) is 0.824. The van der Waals surface area contributed by atoms with Gasteiger partial charge in [-0.3, -0.25) is 4.79 Å². The van der Waals surface area contributed by atoms with Gasteiger partial charge in [-0.15, -0.1) is 0 Å². The Morgan fingerprint density at radius 1 is 1.13 bits per heavy atom. The van der Waals surface area contributed by atoms with Crippen LogP contribution in [0.1, 0.15) is 46.5 Å². The van der Waals surface area contributed by atoms with Crippen molar-refractivity contribution in [2.75, 3.05) is 19.6 Å². The fourth-order valence-electron chi connectivity index (χ4n) is 3.93. The first-order valence-electron chi connectivity index (χ1n) is 9.87. The Hall–Kier alpha value is -2.12. The zero-order valence-corrected chi connectivity index (χ0v) is 18.0. The number of nitrogens with one attached hydrogen (secondary N) is 1. The molecule has 0 aromatic heterocycles. The first kappa shape index (κ1) is 22.6. The zero-order valence-electron chi connectivity index (χ0n) is 17.2. The zero-order chi connectivity index (χ0) is 22.3. The van der Waals surface area contributed by atoms with E-state index in [4.69, 9.17) is 4.74 Å². The van der Waals surface area contributed by atoms with E-state index in [0.717, 1.165) is 0 Å². The molecule has 1 N–H and O–H groups in total. The number of likely N-dealkylation sites (tertiary alicyclic amines) is 1. The van der Waals surface area contributed by atoms with E-state index in [2.05, 4.69) is 9.60 Å². The van der Waals surface area contributed by atoms with Crippen molar-refractivity contribution in [2.24, 2.45) is 0 Å². The van der Waals surface area contributed by atoms with Gasteiger partial charge in [-0.25, -0.2) is 18.0 Å². The molecule has 0 spiro atoms. The molecular formula is C17H27N4O8S-. The third-order valence-electron chi connectivity index (χ3n) is 5.29. The van der Waals surface area contributed by atoms with Crippen molar-refractivity contribution in [3.8, 4) is 0 Å². The number of hydroxylamine groups is 2. The number of carbonyl (C=O) groups is 3. The van der Waals surface area contributed by atoms with Crippen LogP contribution in [0.25, 0.3) is 0 Å². The minimum atomic E-state index is -5.08. The SMILES string of the molecule is CC(C)(C)OC(=O)N1CCC(NC(=O)[C@@H]2CC[C@@H]3CN2C(=O)N3OS(=O)(=O)[O-])CC1. The average Bonchev–Trinajstić information content (AvgIpc) is 2.84. The van der Waals surface area contributed by atoms with Crippen molar-refractivity contribution in [1.29, 1.82) is 0 Å². The Morgan fingerprint density at radius 3 is 2.33 bits per heavy atom. The third kappa shape index (κ3) is 5.32. The summed E-state index contributed by atoms with van der Waals surface area (Å²) in [5, 5.41) is 3.46. The third-order valence-corrected chi connectivity index (χ3v) is 5.63. The second-order valence-corrected chi connectivity index (χ2v) is 9.71. The molecule has 3 aliphatic rings. The van der Waals surface area contributed by atoms with E-state index in [1.54, 1.807) is 25.7 Å². The van der Waals surface area contributed by atoms with E-state index in [1.165, 1.54) is 4.90 Å². The summed E-state index contributed by atoms with van der Waals surface area (Å²) < 4.78 is 42.1. The number of amides is 4. The lowest BCUT2D eigenvalue weighted by Crippen LogP contribution is -2.54. The molecule has 3 heterocycles. The molecule has 2 bridgehead atoms. The van der Waals surface area contributed by atoms with Crippen LogP contribution in [0.4, 0.5) is 9.59 Å². The number of piperidine rings is 2. The lowest BCUT2D eigenvalue weighted by Gasteiger charge is -2.35. The number of urea groups is 1. The van der Waals surface area contributed by atoms with Crippen LogP contribution in [-0.4, -0.2) is 89.2 Å². The normalized spacial score (nSPS) is 25.5. The molecular weight excluding hydrogens is 420 g/mol. The number of fused-ring (bicyclic) bond motifs is 2. The molecule has 0 aromatic rings. The standard InChI is InChI=1S/C17H28N4O8S/c1-17(2,3)28-16(24)19-8-6-11(7-9-19)18-14(22)13-5-4-12-10-20(13)15(23)21(12)29-30(25,26)27/h11-13H,4-10H2,1-3H3,(H,18,22)(H,25,26,27)/p-1/t12-,13+/m1/s1. The van der Waals surface area contributed by atoms with Gasteiger partial charge in [0.25, 0.3) is 0 Å². The van der Waals surface area contributed by atoms with E-state index >= 15 is 0 Å². The highest BCUT2D eigenvalue weighted by Crippen LogP contribution is 2.31. The quantitative estimate of drug-likeness (QED) is 0.473. The lowest BCUT2D eigenvalue weighted by atomic mass is 9.99. The highest BCUT2D eigenvalue weighted by atomic mass is 32.3. The van der Waals surface area contributed by atoms with E-state index in [0.29, 0.717) is 43.8 Å². The topological polar surface area (TPSA) is 149 Å². The van der Waals surface area contributed by atoms with Gasteiger partial charge in [0.2, 0.25) is 16.3 Å². The number of hydrogen-bond donors (Lipinski definition) is 1. The van der Waals surface area contributed by atoms with Gasteiger partial charge in [0, 0.05) is 25.7 Å². The predicted molar refractivity (Wildman–Crippen MR) is 101 cm³/mol. The number of hydrogen-bond acceptors (Lipinski definition) is 8. The van der Waals surface area contributed by atoms with Crippen LogP contribution in [0.5, 0.6) is 0 Å². The van der Waals surface area contributed by atoms with Crippen LogP contribution in [-0.2, 0) is 24.2 Å². The summed E-state index contributed by atoms with van der Waals surface area (Å²) in [4.78, 5) is 40.1. The van der Waals surface area contributed by atoms with Gasteiger partial charge in [-0.1, -0.05) is 0 Å². The second-order valence-electron chi connectivity index (χ2n) is 8.74. The molecule has 0 saturated carbocycles. The van der Waals surface area contributed by atoms with Crippen LogP contribution >= 0.6 is 0 Å². The smallest absolute Gasteiger partial charge is 0.410 e. The first-order valence-corrected chi connectivity index (χ1v) is 11.2. The lowest BCUT2D eigenvalue weighted by molar-refractivity contribution is -0.127. The van der Waals surface area contributed by atoms with Gasteiger partial charge in [0.15, 0.2) is 0 Å². The van der Waals surface area contributed by atoms with Crippen LogP contribution < -0.4 is 5.32 Å². The molecule has 0 aromatic carbocycles. The van der Waals surface area contributed by atoms with E-state index < -0.39 is 34.1 Å². The Kier molecular flexibility index (Phi) is 6.16. The van der Waals surface area contributed by atoms with Crippen molar-refractivity contribution in [2.45, 2.75) is 70.2 Å². The first-order chi connectivity index (χ1) is 13.8.